The standard InChI is InChI=1S/C26H33N5O3S/c1-3-35(33,34)31-15-13-29(14-16-31)19-24-5-4-6-25(17-24)26(32)28-18-22-7-9-23(10-8-22)20-30-12-11-27-21(30)2/h4-12,17H,3,13-16,18-20H2,1-2H3,(H,28,32). The number of aryl methyl sites for hydroxylation is 1. The third-order valence-corrected chi connectivity index (χ3v) is 8.32. The van der Waals surface area contributed by atoms with Crippen molar-refractivity contribution in [1.82, 2.24) is 24.1 Å². The van der Waals surface area contributed by atoms with Crippen LogP contribution in [0.3, 0.4) is 0 Å². The number of sulfonamides is 1. The van der Waals surface area contributed by atoms with Crippen molar-refractivity contribution >= 4 is 15.9 Å². The van der Waals surface area contributed by atoms with Crippen molar-refractivity contribution in [2.45, 2.75) is 33.5 Å². The van der Waals surface area contributed by atoms with Gasteiger partial charge in [0.05, 0.1) is 5.75 Å². The summed E-state index contributed by atoms with van der Waals surface area (Å²) in [7, 11) is -3.13. The van der Waals surface area contributed by atoms with E-state index in [9.17, 15) is 13.2 Å². The fraction of sp³-hybridized carbons (Fsp3) is 0.385. The van der Waals surface area contributed by atoms with Crippen LogP contribution in [0.15, 0.2) is 60.9 Å². The molecule has 1 amide bonds. The normalized spacial score (nSPS) is 15.3. The number of hydrogen-bond acceptors (Lipinski definition) is 5. The number of carbonyl (C=O) groups is 1. The van der Waals surface area contributed by atoms with Gasteiger partial charge in [0.1, 0.15) is 5.82 Å². The quantitative estimate of drug-likeness (QED) is 0.493. The Labute approximate surface area is 207 Å². The summed E-state index contributed by atoms with van der Waals surface area (Å²) in [5, 5.41) is 3.01. The Hall–Kier alpha value is -3.01. The van der Waals surface area contributed by atoms with E-state index in [1.165, 1.54) is 5.56 Å². The summed E-state index contributed by atoms with van der Waals surface area (Å²) in [6.07, 6.45) is 3.77. The van der Waals surface area contributed by atoms with E-state index in [2.05, 4.69) is 31.9 Å². The molecule has 2 aromatic carbocycles. The first-order valence-corrected chi connectivity index (χ1v) is 13.6. The van der Waals surface area contributed by atoms with Crippen LogP contribution < -0.4 is 5.32 Å². The van der Waals surface area contributed by atoms with Gasteiger partial charge in [0.15, 0.2) is 0 Å². The fourth-order valence-corrected chi connectivity index (χ4v) is 5.32. The van der Waals surface area contributed by atoms with Crippen LogP contribution in [0.5, 0.6) is 0 Å². The number of rotatable bonds is 9. The minimum atomic E-state index is -3.13. The van der Waals surface area contributed by atoms with Gasteiger partial charge in [-0.15, -0.1) is 0 Å². The third-order valence-electron chi connectivity index (χ3n) is 6.44. The summed E-state index contributed by atoms with van der Waals surface area (Å²) in [6.45, 7) is 7.98. The number of benzene rings is 2. The molecule has 35 heavy (non-hydrogen) atoms. The van der Waals surface area contributed by atoms with Gasteiger partial charge < -0.3 is 9.88 Å². The van der Waals surface area contributed by atoms with Crippen LogP contribution in [0, 0.1) is 6.92 Å². The Morgan fingerprint density at radius 3 is 2.34 bits per heavy atom. The molecule has 0 saturated carbocycles. The van der Waals surface area contributed by atoms with E-state index in [1.54, 1.807) is 17.4 Å². The predicted octanol–water partition coefficient (Wildman–Crippen LogP) is 2.64. The first-order chi connectivity index (χ1) is 16.8. The molecule has 0 radical (unpaired) electrons. The van der Waals surface area contributed by atoms with Crippen LogP contribution in [0.4, 0.5) is 0 Å². The van der Waals surface area contributed by atoms with Crippen LogP contribution in [0.1, 0.15) is 39.8 Å². The lowest BCUT2D eigenvalue weighted by molar-refractivity contribution is 0.0950. The molecule has 8 nitrogen and oxygen atoms in total. The highest BCUT2D eigenvalue weighted by Gasteiger charge is 2.25. The second-order valence-corrected chi connectivity index (χ2v) is 11.1. The van der Waals surface area contributed by atoms with E-state index in [-0.39, 0.29) is 11.7 Å². The molecule has 1 aliphatic heterocycles. The molecule has 1 N–H and O–H groups in total. The van der Waals surface area contributed by atoms with Crippen molar-refractivity contribution in [2.24, 2.45) is 0 Å². The van der Waals surface area contributed by atoms with Crippen molar-refractivity contribution in [3.8, 4) is 0 Å². The molecule has 186 valence electrons. The van der Waals surface area contributed by atoms with Crippen molar-refractivity contribution in [3.05, 3.63) is 89.0 Å². The smallest absolute Gasteiger partial charge is 0.251 e. The average Bonchev–Trinajstić information content (AvgIpc) is 3.28. The van der Waals surface area contributed by atoms with Gasteiger partial charge in [-0.1, -0.05) is 36.4 Å². The lowest BCUT2D eigenvalue weighted by Gasteiger charge is -2.33. The molecule has 1 aliphatic rings. The number of nitrogens with zero attached hydrogens (tertiary/aromatic N) is 4. The van der Waals surface area contributed by atoms with Gasteiger partial charge in [-0.2, -0.15) is 4.31 Å². The highest BCUT2D eigenvalue weighted by molar-refractivity contribution is 7.89. The number of amides is 1. The molecule has 0 aliphatic carbocycles. The molecule has 0 spiro atoms. The van der Waals surface area contributed by atoms with E-state index in [0.29, 0.717) is 44.8 Å². The number of imidazole rings is 1. The molecule has 9 heteroatoms. The first kappa shape index (κ1) is 25.1. The number of nitrogens with one attached hydrogen (secondary N) is 1. The van der Waals surface area contributed by atoms with E-state index in [0.717, 1.165) is 23.5 Å². The van der Waals surface area contributed by atoms with Crippen molar-refractivity contribution in [1.29, 1.82) is 0 Å². The minimum absolute atomic E-state index is 0.108. The summed E-state index contributed by atoms with van der Waals surface area (Å²) in [6, 6.07) is 15.9. The molecule has 1 aromatic heterocycles. The summed E-state index contributed by atoms with van der Waals surface area (Å²) < 4.78 is 27.8. The first-order valence-electron chi connectivity index (χ1n) is 12.0. The summed E-state index contributed by atoms with van der Waals surface area (Å²) >= 11 is 0. The molecule has 0 atom stereocenters. The zero-order valence-corrected chi connectivity index (χ0v) is 21.2. The minimum Gasteiger partial charge on any atom is -0.348 e. The Morgan fingerprint density at radius 1 is 0.971 bits per heavy atom. The highest BCUT2D eigenvalue weighted by Crippen LogP contribution is 2.14. The Morgan fingerprint density at radius 2 is 1.69 bits per heavy atom. The number of carbonyl (C=O) groups excluding carboxylic acids is 1. The molecule has 0 bridgehead atoms. The van der Waals surface area contributed by atoms with Crippen LogP contribution in [-0.4, -0.2) is 65.0 Å². The maximum absolute atomic E-state index is 12.8. The van der Waals surface area contributed by atoms with Crippen LogP contribution in [0.25, 0.3) is 0 Å². The van der Waals surface area contributed by atoms with Crippen molar-refractivity contribution in [2.75, 3.05) is 31.9 Å². The van der Waals surface area contributed by atoms with Crippen molar-refractivity contribution < 1.29 is 13.2 Å². The van der Waals surface area contributed by atoms with Gasteiger partial charge in [0, 0.05) is 63.8 Å². The third kappa shape index (κ3) is 6.56. The monoisotopic (exact) mass is 495 g/mol. The maximum Gasteiger partial charge on any atom is 0.251 e. The van der Waals surface area contributed by atoms with Gasteiger partial charge in [0.25, 0.3) is 5.91 Å². The highest BCUT2D eigenvalue weighted by atomic mass is 32.2. The van der Waals surface area contributed by atoms with E-state index in [4.69, 9.17) is 0 Å². The molecule has 2 heterocycles. The topological polar surface area (TPSA) is 87.5 Å². The summed E-state index contributed by atoms with van der Waals surface area (Å²) in [5.41, 5.74) is 3.90. The predicted molar refractivity (Wildman–Crippen MR) is 136 cm³/mol. The Balaban J connectivity index is 1.28. The fourth-order valence-electron chi connectivity index (χ4n) is 4.23. The van der Waals surface area contributed by atoms with E-state index < -0.39 is 10.0 Å². The molecule has 4 rings (SSSR count). The molecule has 1 fully saturated rings. The molecule has 3 aromatic rings. The Kier molecular flexibility index (Phi) is 8.00. The maximum atomic E-state index is 12.8. The van der Waals surface area contributed by atoms with Crippen LogP contribution >= 0.6 is 0 Å². The van der Waals surface area contributed by atoms with Crippen LogP contribution in [-0.2, 0) is 29.7 Å². The largest absolute Gasteiger partial charge is 0.348 e. The molecule has 0 unspecified atom stereocenters. The second-order valence-electron chi connectivity index (χ2n) is 8.88. The SMILES string of the molecule is CCS(=O)(=O)N1CCN(Cc2cccc(C(=O)NCc3ccc(Cn4ccnc4C)cc3)c2)CC1. The lowest BCUT2D eigenvalue weighted by atomic mass is 10.1. The molecule has 1 saturated heterocycles. The van der Waals surface area contributed by atoms with Gasteiger partial charge in [0.2, 0.25) is 10.0 Å². The number of piperazine rings is 1. The average molecular weight is 496 g/mol. The Bertz CT molecular complexity index is 1250. The van der Waals surface area contributed by atoms with E-state index >= 15 is 0 Å². The molecular weight excluding hydrogens is 462 g/mol. The zero-order valence-electron chi connectivity index (χ0n) is 20.4. The zero-order chi connectivity index (χ0) is 24.8. The van der Waals surface area contributed by atoms with Crippen molar-refractivity contribution in [3.63, 3.8) is 0 Å². The van der Waals surface area contributed by atoms with Crippen LogP contribution in [0.2, 0.25) is 0 Å². The molecular formula is C26H33N5O3S. The second kappa shape index (κ2) is 11.2. The van der Waals surface area contributed by atoms with Gasteiger partial charge >= 0.3 is 0 Å². The summed E-state index contributed by atoms with van der Waals surface area (Å²) in [4.78, 5) is 19.2. The van der Waals surface area contributed by atoms with Gasteiger partial charge in [-0.05, 0) is 42.7 Å². The van der Waals surface area contributed by atoms with E-state index in [1.807, 2.05) is 49.5 Å². The lowest BCUT2D eigenvalue weighted by Crippen LogP contribution is -2.48. The number of aromatic nitrogens is 2. The number of hydrogen-bond donors (Lipinski definition) is 1. The summed E-state index contributed by atoms with van der Waals surface area (Å²) in [5.74, 6) is 1.01. The van der Waals surface area contributed by atoms with Gasteiger partial charge in [-0.25, -0.2) is 13.4 Å². The van der Waals surface area contributed by atoms with Gasteiger partial charge in [-0.3, -0.25) is 9.69 Å².